The van der Waals surface area contributed by atoms with Gasteiger partial charge in [0.05, 0.1) is 5.56 Å². The third-order valence-electron chi connectivity index (χ3n) is 3.74. The first-order valence-corrected chi connectivity index (χ1v) is 6.73. The summed E-state index contributed by atoms with van der Waals surface area (Å²) in [5, 5.41) is 0. The summed E-state index contributed by atoms with van der Waals surface area (Å²) in [5.74, 6) is 0.805. The lowest BCUT2D eigenvalue weighted by molar-refractivity contribution is 0.0761. The minimum atomic E-state index is 0.0848. The summed E-state index contributed by atoms with van der Waals surface area (Å²) in [5.41, 5.74) is 8.28. The highest BCUT2D eigenvalue weighted by molar-refractivity contribution is 5.99. The van der Waals surface area contributed by atoms with E-state index >= 15 is 0 Å². The van der Waals surface area contributed by atoms with E-state index < -0.39 is 0 Å². The van der Waals surface area contributed by atoms with E-state index in [-0.39, 0.29) is 5.91 Å². The molecule has 0 aromatic heterocycles. The topological polar surface area (TPSA) is 46.3 Å². The fourth-order valence-electron chi connectivity index (χ4n) is 2.51. The number of likely N-dealkylation sites (tertiary alicyclic amines) is 1. The van der Waals surface area contributed by atoms with E-state index in [1.807, 2.05) is 30.0 Å². The van der Waals surface area contributed by atoms with Crippen LogP contribution in [-0.4, -0.2) is 23.9 Å². The van der Waals surface area contributed by atoms with Crippen molar-refractivity contribution >= 4 is 11.6 Å². The number of hydrogen-bond donors (Lipinski definition) is 1. The smallest absolute Gasteiger partial charge is 0.255 e. The Balaban J connectivity index is 2.15. The van der Waals surface area contributed by atoms with Gasteiger partial charge in [0.25, 0.3) is 5.91 Å². The van der Waals surface area contributed by atoms with Gasteiger partial charge in [-0.1, -0.05) is 13.0 Å². The average Bonchev–Trinajstić information content (AvgIpc) is 2.53. The van der Waals surface area contributed by atoms with Gasteiger partial charge < -0.3 is 10.6 Å². The summed E-state index contributed by atoms with van der Waals surface area (Å²) >= 11 is 0. The summed E-state index contributed by atoms with van der Waals surface area (Å²) in [6, 6.07) is 5.67. The zero-order valence-corrected chi connectivity index (χ0v) is 11.3. The normalized spacial score (nSPS) is 20.6. The molecule has 1 heterocycles. The van der Waals surface area contributed by atoms with Crippen LogP contribution >= 0.6 is 0 Å². The van der Waals surface area contributed by atoms with Crippen LogP contribution in [0.3, 0.4) is 0 Å². The van der Waals surface area contributed by atoms with Crippen LogP contribution in [0.5, 0.6) is 0 Å². The van der Waals surface area contributed by atoms with Gasteiger partial charge in [0.15, 0.2) is 0 Å². The van der Waals surface area contributed by atoms with Crippen molar-refractivity contribution in [1.29, 1.82) is 0 Å². The van der Waals surface area contributed by atoms with Crippen molar-refractivity contribution in [1.82, 2.24) is 4.90 Å². The molecule has 1 atom stereocenters. The molecule has 1 unspecified atom stereocenters. The number of nitrogens with zero attached hydrogens (tertiary/aromatic N) is 1. The second-order valence-electron chi connectivity index (χ2n) is 5.42. The van der Waals surface area contributed by atoms with E-state index in [9.17, 15) is 4.79 Å². The van der Waals surface area contributed by atoms with Gasteiger partial charge in [-0.3, -0.25) is 4.79 Å². The van der Waals surface area contributed by atoms with Gasteiger partial charge in [-0.2, -0.15) is 0 Å². The summed E-state index contributed by atoms with van der Waals surface area (Å²) in [6.45, 7) is 5.95. The van der Waals surface area contributed by atoms with E-state index in [1.165, 1.54) is 6.42 Å². The van der Waals surface area contributed by atoms with E-state index in [4.69, 9.17) is 5.73 Å². The van der Waals surface area contributed by atoms with Gasteiger partial charge in [-0.25, -0.2) is 0 Å². The molecular formula is C15H22N2O. The number of rotatable bonds is 1. The summed E-state index contributed by atoms with van der Waals surface area (Å²) < 4.78 is 0. The molecular weight excluding hydrogens is 224 g/mol. The van der Waals surface area contributed by atoms with Gasteiger partial charge >= 0.3 is 0 Å². The van der Waals surface area contributed by atoms with Gasteiger partial charge in [0, 0.05) is 18.8 Å². The molecule has 1 aromatic rings. The van der Waals surface area contributed by atoms with Crippen LogP contribution in [0.1, 0.15) is 42.1 Å². The number of nitrogens with two attached hydrogens (primary N) is 1. The molecule has 1 aromatic carbocycles. The van der Waals surface area contributed by atoms with E-state index in [0.29, 0.717) is 11.3 Å². The number of carbonyl (C=O) groups is 1. The molecule has 18 heavy (non-hydrogen) atoms. The fraction of sp³-hybridized carbons (Fsp3) is 0.533. The average molecular weight is 246 g/mol. The Morgan fingerprint density at radius 3 is 2.83 bits per heavy atom. The third-order valence-corrected chi connectivity index (χ3v) is 3.74. The molecule has 1 aliphatic heterocycles. The first-order valence-electron chi connectivity index (χ1n) is 6.73. The number of amides is 1. The minimum absolute atomic E-state index is 0.0848. The van der Waals surface area contributed by atoms with Gasteiger partial charge in [-0.05, 0) is 49.8 Å². The predicted molar refractivity (Wildman–Crippen MR) is 74.5 cm³/mol. The van der Waals surface area contributed by atoms with Crippen molar-refractivity contribution in [2.24, 2.45) is 5.92 Å². The van der Waals surface area contributed by atoms with E-state index in [1.54, 1.807) is 0 Å². The Morgan fingerprint density at radius 1 is 1.33 bits per heavy atom. The van der Waals surface area contributed by atoms with Crippen LogP contribution in [0.2, 0.25) is 0 Å². The van der Waals surface area contributed by atoms with Crippen LogP contribution in [0, 0.1) is 12.8 Å². The molecule has 2 N–H and O–H groups in total. The van der Waals surface area contributed by atoms with E-state index in [0.717, 1.165) is 37.4 Å². The van der Waals surface area contributed by atoms with E-state index in [2.05, 4.69) is 6.92 Å². The molecule has 1 aliphatic rings. The lowest BCUT2D eigenvalue weighted by Gasteiger charge is -2.21. The highest BCUT2D eigenvalue weighted by Gasteiger charge is 2.21. The standard InChI is InChI=1S/C15H22N2O/c1-11-4-3-8-17(9-7-11)15(18)13-6-5-12(2)10-14(13)16/h5-6,10-11H,3-4,7-9,16H2,1-2H3. The SMILES string of the molecule is Cc1ccc(C(=O)N2CCCC(C)CC2)c(N)c1. The largest absolute Gasteiger partial charge is 0.398 e. The van der Waals surface area contributed by atoms with Crippen molar-refractivity contribution in [2.75, 3.05) is 18.8 Å². The Kier molecular flexibility index (Phi) is 3.90. The number of carbonyl (C=O) groups excluding carboxylic acids is 1. The maximum atomic E-state index is 12.4. The zero-order chi connectivity index (χ0) is 13.1. The fourth-order valence-corrected chi connectivity index (χ4v) is 2.51. The van der Waals surface area contributed by atoms with Crippen LogP contribution in [0.15, 0.2) is 18.2 Å². The molecule has 3 nitrogen and oxygen atoms in total. The molecule has 2 rings (SSSR count). The molecule has 0 aliphatic carbocycles. The summed E-state index contributed by atoms with van der Waals surface area (Å²) in [4.78, 5) is 14.4. The van der Waals surface area contributed by atoms with Crippen LogP contribution < -0.4 is 5.73 Å². The highest BCUT2D eigenvalue weighted by Crippen LogP contribution is 2.21. The van der Waals surface area contributed by atoms with Crippen molar-refractivity contribution in [3.05, 3.63) is 29.3 Å². The maximum absolute atomic E-state index is 12.4. The number of hydrogen-bond acceptors (Lipinski definition) is 2. The van der Waals surface area contributed by atoms with Crippen molar-refractivity contribution in [2.45, 2.75) is 33.1 Å². The van der Waals surface area contributed by atoms with Gasteiger partial charge in [0.2, 0.25) is 0 Å². The third kappa shape index (κ3) is 2.84. The number of anilines is 1. The molecule has 0 spiro atoms. The second kappa shape index (κ2) is 5.42. The predicted octanol–water partition coefficient (Wildman–Crippen LogP) is 2.84. The quantitative estimate of drug-likeness (QED) is 0.774. The van der Waals surface area contributed by atoms with Crippen LogP contribution in [0.25, 0.3) is 0 Å². The van der Waals surface area contributed by atoms with Crippen LogP contribution in [0.4, 0.5) is 5.69 Å². The Hall–Kier alpha value is -1.51. The number of aryl methyl sites for hydroxylation is 1. The summed E-state index contributed by atoms with van der Waals surface area (Å²) in [7, 11) is 0. The van der Waals surface area contributed by atoms with Gasteiger partial charge in [-0.15, -0.1) is 0 Å². The maximum Gasteiger partial charge on any atom is 0.255 e. The summed E-state index contributed by atoms with van der Waals surface area (Å²) in [6.07, 6.45) is 3.41. The first kappa shape index (κ1) is 12.9. The molecule has 0 radical (unpaired) electrons. The number of nitrogen functional groups attached to an aromatic ring is 1. The molecule has 0 saturated carbocycles. The lowest BCUT2D eigenvalue weighted by atomic mass is 10.0. The number of benzene rings is 1. The molecule has 1 saturated heterocycles. The lowest BCUT2D eigenvalue weighted by Crippen LogP contribution is -2.32. The van der Waals surface area contributed by atoms with Crippen molar-refractivity contribution in [3.63, 3.8) is 0 Å². The second-order valence-corrected chi connectivity index (χ2v) is 5.42. The zero-order valence-electron chi connectivity index (χ0n) is 11.3. The first-order chi connectivity index (χ1) is 8.58. The Labute approximate surface area is 109 Å². The molecule has 0 bridgehead atoms. The monoisotopic (exact) mass is 246 g/mol. The van der Waals surface area contributed by atoms with Gasteiger partial charge in [0.1, 0.15) is 0 Å². The minimum Gasteiger partial charge on any atom is -0.398 e. The van der Waals surface area contributed by atoms with Crippen molar-refractivity contribution < 1.29 is 4.79 Å². The van der Waals surface area contributed by atoms with Crippen LogP contribution in [-0.2, 0) is 0 Å². The molecule has 98 valence electrons. The molecule has 1 amide bonds. The molecule has 3 heteroatoms. The highest BCUT2D eigenvalue weighted by atomic mass is 16.2. The van der Waals surface area contributed by atoms with Crippen molar-refractivity contribution in [3.8, 4) is 0 Å². The molecule has 1 fully saturated rings. The Bertz CT molecular complexity index is 442. The Morgan fingerprint density at radius 2 is 2.11 bits per heavy atom.